The molecular weight excluding hydrogens is 364 g/mol. The highest BCUT2D eigenvalue weighted by Crippen LogP contribution is 2.32. The molecule has 1 N–H and O–H groups in total. The van der Waals surface area contributed by atoms with Crippen molar-refractivity contribution in [1.29, 1.82) is 0 Å². The van der Waals surface area contributed by atoms with Crippen LogP contribution in [0.4, 0.5) is 4.79 Å². The van der Waals surface area contributed by atoms with E-state index in [4.69, 9.17) is 4.74 Å². The summed E-state index contributed by atoms with van der Waals surface area (Å²) in [4.78, 5) is 23.3. The Morgan fingerprint density at radius 3 is 2.83 bits per heavy atom. The predicted octanol–water partition coefficient (Wildman–Crippen LogP) is 4.04. The van der Waals surface area contributed by atoms with Crippen LogP contribution in [0.3, 0.4) is 0 Å². The average molecular weight is 395 g/mol. The fourth-order valence-electron chi connectivity index (χ4n) is 4.22. The summed E-state index contributed by atoms with van der Waals surface area (Å²) in [7, 11) is 0. The Labute approximate surface area is 172 Å². The van der Waals surface area contributed by atoms with Crippen molar-refractivity contribution in [2.24, 2.45) is 0 Å². The van der Waals surface area contributed by atoms with Crippen LogP contribution in [0.2, 0.25) is 0 Å². The van der Waals surface area contributed by atoms with Crippen molar-refractivity contribution < 1.29 is 9.53 Å². The number of likely N-dealkylation sites (tertiary alicyclic amines) is 1. The average Bonchev–Trinajstić information content (AvgIpc) is 2.86. The maximum Gasteiger partial charge on any atom is 0.318 e. The Kier molecular flexibility index (Phi) is 5.81. The van der Waals surface area contributed by atoms with Gasteiger partial charge < -0.3 is 15.0 Å². The zero-order chi connectivity index (χ0) is 20.4. The number of carbonyl (C=O) groups is 1. The van der Waals surface area contributed by atoms with E-state index in [0.717, 1.165) is 42.8 Å². The summed E-state index contributed by atoms with van der Waals surface area (Å²) < 4.78 is 5.76. The van der Waals surface area contributed by atoms with Gasteiger partial charge in [0.1, 0.15) is 5.82 Å². The van der Waals surface area contributed by atoms with Crippen LogP contribution in [-0.2, 0) is 11.2 Å². The van der Waals surface area contributed by atoms with Crippen LogP contribution < -0.4 is 5.32 Å². The SMILES string of the molecule is Cc1nccc(-c2ccc3c(c2)CCCCC3NC(=O)N2CC(OC(C)C)C2)n1. The number of carbonyl (C=O) groups excluding carboxylic acids is 1. The van der Waals surface area contributed by atoms with Gasteiger partial charge in [0.15, 0.2) is 0 Å². The second-order valence-electron chi connectivity index (χ2n) is 8.36. The lowest BCUT2D eigenvalue weighted by Gasteiger charge is -2.40. The standard InChI is InChI=1S/C23H30N4O2/c1-15(2)29-19-13-27(14-19)23(28)26-22-7-5-4-6-17-12-18(8-9-20(17)22)21-10-11-24-16(3)25-21/h8-12,15,19,22H,4-7,13-14H2,1-3H3,(H,26,28). The first-order chi connectivity index (χ1) is 14.0. The van der Waals surface area contributed by atoms with Gasteiger partial charge in [-0.15, -0.1) is 0 Å². The molecule has 1 unspecified atom stereocenters. The predicted molar refractivity (Wildman–Crippen MR) is 113 cm³/mol. The minimum Gasteiger partial charge on any atom is -0.372 e. The number of urea groups is 1. The third-order valence-corrected chi connectivity index (χ3v) is 5.68. The molecular formula is C23H30N4O2. The van der Waals surface area contributed by atoms with E-state index >= 15 is 0 Å². The zero-order valence-electron chi connectivity index (χ0n) is 17.5. The summed E-state index contributed by atoms with van der Waals surface area (Å²) in [5.41, 5.74) is 4.60. The maximum absolute atomic E-state index is 12.7. The summed E-state index contributed by atoms with van der Waals surface area (Å²) in [5, 5.41) is 3.27. The first kappa shape index (κ1) is 19.8. The van der Waals surface area contributed by atoms with Gasteiger partial charge in [-0.2, -0.15) is 0 Å². The van der Waals surface area contributed by atoms with E-state index in [0.29, 0.717) is 13.1 Å². The van der Waals surface area contributed by atoms with Crippen molar-refractivity contribution in [1.82, 2.24) is 20.2 Å². The third kappa shape index (κ3) is 4.58. The summed E-state index contributed by atoms with van der Waals surface area (Å²) in [6.45, 7) is 7.32. The smallest absolute Gasteiger partial charge is 0.318 e. The lowest BCUT2D eigenvalue weighted by molar-refractivity contribution is -0.0644. The number of aryl methyl sites for hydroxylation is 2. The zero-order valence-corrected chi connectivity index (χ0v) is 17.5. The Morgan fingerprint density at radius 2 is 2.07 bits per heavy atom. The number of nitrogens with zero attached hydrogens (tertiary/aromatic N) is 3. The Hall–Kier alpha value is -2.47. The van der Waals surface area contributed by atoms with Crippen molar-refractivity contribution in [3.63, 3.8) is 0 Å². The van der Waals surface area contributed by atoms with Gasteiger partial charge in [0.2, 0.25) is 0 Å². The van der Waals surface area contributed by atoms with E-state index in [1.54, 1.807) is 6.20 Å². The molecule has 2 heterocycles. The van der Waals surface area contributed by atoms with Crippen LogP contribution in [0.25, 0.3) is 11.3 Å². The van der Waals surface area contributed by atoms with Crippen LogP contribution in [0, 0.1) is 6.92 Å². The molecule has 1 aromatic heterocycles. The summed E-state index contributed by atoms with van der Waals surface area (Å²) in [5.74, 6) is 0.775. The molecule has 6 nitrogen and oxygen atoms in total. The highest BCUT2D eigenvalue weighted by Gasteiger charge is 2.33. The van der Waals surface area contributed by atoms with E-state index in [-0.39, 0.29) is 24.3 Å². The van der Waals surface area contributed by atoms with E-state index in [1.807, 2.05) is 31.7 Å². The molecule has 2 aromatic rings. The van der Waals surface area contributed by atoms with Gasteiger partial charge in [-0.05, 0) is 63.3 Å². The van der Waals surface area contributed by atoms with Gasteiger partial charge >= 0.3 is 6.03 Å². The van der Waals surface area contributed by atoms with Crippen LogP contribution in [0.1, 0.15) is 56.1 Å². The van der Waals surface area contributed by atoms with E-state index in [9.17, 15) is 4.79 Å². The normalized spacial score (nSPS) is 19.4. The number of rotatable bonds is 4. The molecule has 2 amide bonds. The molecule has 1 aromatic carbocycles. The fraction of sp³-hybridized carbons (Fsp3) is 0.522. The number of benzene rings is 1. The molecule has 29 heavy (non-hydrogen) atoms. The maximum atomic E-state index is 12.7. The van der Waals surface area contributed by atoms with Crippen molar-refractivity contribution >= 4 is 6.03 Å². The lowest BCUT2D eigenvalue weighted by Crippen LogP contribution is -2.58. The highest BCUT2D eigenvalue weighted by atomic mass is 16.5. The summed E-state index contributed by atoms with van der Waals surface area (Å²) in [6, 6.07) is 8.54. The molecule has 0 radical (unpaired) electrons. The molecule has 154 valence electrons. The molecule has 1 atom stereocenters. The summed E-state index contributed by atoms with van der Waals surface area (Å²) >= 11 is 0. The molecule has 1 aliphatic carbocycles. The lowest BCUT2D eigenvalue weighted by atomic mass is 9.95. The summed E-state index contributed by atoms with van der Waals surface area (Å²) in [6.07, 6.45) is 6.43. The van der Waals surface area contributed by atoms with Gasteiger partial charge in [-0.3, -0.25) is 0 Å². The quantitative estimate of drug-likeness (QED) is 0.795. The molecule has 1 saturated heterocycles. The van der Waals surface area contributed by atoms with Crippen molar-refractivity contribution in [3.8, 4) is 11.3 Å². The first-order valence-electron chi connectivity index (χ1n) is 10.6. The monoisotopic (exact) mass is 394 g/mol. The van der Waals surface area contributed by atoms with Gasteiger partial charge in [-0.25, -0.2) is 14.8 Å². The van der Waals surface area contributed by atoms with Gasteiger partial charge in [0.25, 0.3) is 0 Å². The molecule has 4 rings (SSSR count). The van der Waals surface area contributed by atoms with Crippen molar-refractivity contribution in [3.05, 3.63) is 47.4 Å². The second-order valence-corrected chi connectivity index (χ2v) is 8.36. The van der Waals surface area contributed by atoms with Gasteiger partial charge in [0, 0.05) is 11.8 Å². The molecule has 2 aliphatic rings. The Morgan fingerprint density at radius 1 is 1.24 bits per heavy atom. The minimum absolute atomic E-state index is 0.0157. The van der Waals surface area contributed by atoms with Crippen molar-refractivity contribution in [2.75, 3.05) is 13.1 Å². The first-order valence-corrected chi connectivity index (χ1v) is 10.6. The van der Waals surface area contributed by atoms with E-state index in [2.05, 4.69) is 33.5 Å². The molecule has 0 bridgehead atoms. The number of nitrogens with one attached hydrogen (secondary N) is 1. The van der Waals surface area contributed by atoms with E-state index < -0.39 is 0 Å². The van der Waals surface area contributed by atoms with E-state index in [1.165, 1.54) is 11.1 Å². The van der Waals surface area contributed by atoms with Crippen LogP contribution in [-0.4, -0.2) is 46.2 Å². The number of fused-ring (bicyclic) bond motifs is 1. The molecule has 1 fully saturated rings. The number of hydrogen-bond acceptors (Lipinski definition) is 4. The number of hydrogen-bond donors (Lipinski definition) is 1. The van der Waals surface area contributed by atoms with Crippen LogP contribution >= 0.6 is 0 Å². The Balaban J connectivity index is 1.47. The highest BCUT2D eigenvalue weighted by molar-refractivity contribution is 5.76. The molecule has 0 saturated carbocycles. The van der Waals surface area contributed by atoms with Gasteiger partial charge in [-0.1, -0.05) is 18.6 Å². The third-order valence-electron chi connectivity index (χ3n) is 5.68. The number of ether oxygens (including phenoxy) is 1. The fourth-order valence-corrected chi connectivity index (χ4v) is 4.22. The Bertz CT molecular complexity index is 877. The molecule has 0 spiro atoms. The topological polar surface area (TPSA) is 67.4 Å². The number of amides is 2. The van der Waals surface area contributed by atoms with Crippen LogP contribution in [0.15, 0.2) is 30.5 Å². The largest absolute Gasteiger partial charge is 0.372 e. The minimum atomic E-state index is 0.0157. The molecule has 1 aliphatic heterocycles. The van der Waals surface area contributed by atoms with Gasteiger partial charge in [0.05, 0.1) is 37.0 Å². The second kappa shape index (κ2) is 8.49. The van der Waals surface area contributed by atoms with Crippen molar-refractivity contribution in [2.45, 2.75) is 64.7 Å². The number of aromatic nitrogens is 2. The molecule has 6 heteroatoms. The van der Waals surface area contributed by atoms with Crippen LogP contribution in [0.5, 0.6) is 0 Å².